The van der Waals surface area contributed by atoms with E-state index in [9.17, 15) is 10.2 Å². The summed E-state index contributed by atoms with van der Waals surface area (Å²) in [6.07, 6.45) is 13.8. The molecule has 5 rings (SSSR count). The predicted molar refractivity (Wildman–Crippen MR) is 135 cm³/mol. The molecule has 0 aromatic heterocycles. The Balaban J connectivity index is 1.25. The molecule has 5 fully saturated rings. The number of ether oxygens (including phenoxy) is 2. The van der Waals surface area contributed by atoms with Gasteiger partial charge >= 0.3 is 0 Å². The third kappa shape index (κ3) is 4.21. The maximum atomic E-state index is 10.4. The SMILES string of the molecule is CC(C)C(O)(O)CC[C@@H](C)[C@H]1CC[C@H]2[C@@H]3CCC4CC(C5OCCO5)CC[C@]4(C)[C@H]3CC[C@]12C. The van der Waals surface area contributed by atoms with Crippen LogP contribution in [0.15, 0.2) is 0 Å². The largest absolute Gasteiger partial charge is 0.365 e. The number of aliphatic hydroxyl groups is 2. The maximum absolute atomic E-state index is 10.4. The Morgan fingerprint density at radius 3 is 2.24 bits per heavy atom. The first-order chi connectivity index (χ1) is 16.1. The van der Waals surface area contributed by atoms with E-state index < -0.39 is 5.79 Å². The smallest absolute Gasteiger partial charge is 0.164 e. The van der Waals surface area contributed by atoms with E-state index in [2.05, 4.69) is 20.8 Å². The lowest BCUT2D eigenvalue weighted by Gasteiger charge is -2.61. The lowest BCUT2D eigenvalue weighted by Crippen LogP contribution is -2.54. The molecule has 2 unspecified atom stereocenters. The molecular formula is C30H52O4. The number of hydrogen-bond acceptors (Lipinski definition) is 4. The first-order valence-electron chi connectivity index (χ1n) is 14.7. The summed E-state index contributed by atoms with van der Waals surface area (Å²) in [5.41, 5.74) is 0.950. The quantitative estimate of drug-likeness (QED) is 0.436. The van der Waals surface area contributed by atoms with Crippen LogP contribution >= 0.6 is 0 Å². The molecule has 4 saturated carbocycles. The standard InChI is InChI=1S/C30H52O4/c1-19(2)30(31,32)15-10-20(3)24-8-9-25-23-7-6-22-18-21(27-33-16-17-34-27)11-13-28(22,4)26(23)12-14-29(24,25)5/h19-27,31-32H,6-18H2,1-5H3/t20-,21?,22?,23+,24-,25+,26+,28+,29-/m1/s1. The fourth-order valence-corrected chi connectivity index (χ4v) is 10.1. The van der Waals surface area contributed by atoms with Gasteiger partial charge in [-0.15, -0.1) is 0 Å². The Hall–Kier alpha value is -0.160. The monoisotopic (exact) mass is 476 g/mol. The molecule has 0 amide bonds. The molecule has 34 heavy (non-hydrogen) atoms. The second-order valence-corrected chi connectivity index (χ2v) is 14.1. The number of hydrogen-bond donors (Lipinski definition) is 2. The summed E-state index contributed by atoms with van der Waals surface area (Å²) in [5, 5.41) is 20.8. The molecule has 0 spiro atoms. The highest BCUT2D eigenvalue weighted by atomic mass is 16.7. The minimum Gasteiger partial charge on any atom is -0.365 e. The summed E-state index contributed by atoms with van der Waals surface area (Å²) in [6, 6.07) is 0. The Morgan fingerprint density at radius 1 is 0.853 bits per heavy atom. The lowest BCUT2D eigenvalue weighted by atomic mass is 9.44. The van der Waals surface area contributed by atoms with Crippen molar-refractivity contribution in [3.8, 4) is 0 Å². The van der Waals surface area contributed by atoms with Gasteiger partial charge in [0.2, 0.25) is 0 Å². The van der Waals surface area contributed by atoms with Crippen LogP contribution in [0.2, 0.25) is 0 Å². The molecule has 1 saturated heterocycles. The predicted octanol–water partition coefficient (Wildman–Crippen LogP) is 6.39. The van der Waals surface area contributed by atoms with E-state index >= 15 is 0 Å². The Bertz CT molecular complexity index is 715. The third-order valence-corrected chi connectivity index (χ3v) is 12.4. The first-order valence-corrected chi connectivity index (χ1v) is 14.7. The Morgan fingerprint density at radius 2 is 1.53 bits per heavy atom. The molecule has 4 aliphatic carbocycles. The highest BCUT2D eigenvalue weighted by molar-refractivity contribution is 5.09. The van der Waals surface area contributed by atoms with Crippen LogP contribution in [-0.4, -0.2) is 35.5 Å². The second kappa shape index (κ2) is 9.30. The third-order valence-electron chi connectivity index (χ3n) is 12.4. The van der Waals surface area contributed by atoms with Crippen LogP contribution in [0.5, 0.6) is 0 Å². The van der Waals surface area contributed by atoms with Crippen LogP contribution in [0, 0.1) is 58.2 Å². The average Bonchev–Trinajstić information content (AvgIpc) is 3.44. The minimum absolute atomic E-state index is 0.0706. The van der Waals surface area contributed by atoms with E-state index in [0.29, 0.717) is 29.1 Å². The molecule has 9 atom stereocenters. The van der Waals surface area contributed by atoms with Gasteiger partial charge in [0.1, 0.15) is 0 Å². The van der Waals surface area contributed by atoms with Crippen LogP contribution < -0.4 is 0 Å². The van der Waals surface area contributed by atoms with Crippen LogP contribution in [0.25, 0.3) is 0 Å². The van der Waals surface area contributed by atoms with Crippen molar-refractivity contribution in [1.29, 1.82) is 0 Å². The van der Waals surface area contributed by atoms with Gasteiger partial charge in [-0.05, 0) is 111 Å². The second-order valence-electron chi connectivity index (χ2n) is 14.1. The molecule has 1 aliphatic heterocycles. The van der Waals surface area contributed by atoms with E-state index in [4.69, 9.17) is 9.47 Å². The van der Waals surface area contributed by atoms with Gasteiger partial charge in [0.05, 0.1) is 13.2 Å². The van der Waals surface area contributed by atoms with Crippen LogP contribution in [0.1, 0.15) is 105 Å². The molecular weight excluding hydrogens is 424 g/mol. The molecule has 5 aliphatic rings. The molecule has 0 radical (unpaired) electrons. The molecule has 4 nitrogen and oxygen atoms in total. The summed E-state index contributed by atoms with van der Waals surface area (Å²) < 4.78 is 11.8. The Kier molecular flexibility index (Phi) is 6.97. The van der Waals surface area contributed by atoms with Crippen molar-refractivity contribution in [2.75, 3.05) is 13.2 Å². The van der Waals surface area contributed by atoms with Gasteiger partial charge < -0.3 is 19.7 Å². The van der Waals surface area contributed by atoms with Crippen molar-refractivity contribution in [1.82, 2.24) is 0 Å². The van der Waals surface area contributed by atoms with Gasteiger partial charge in [0.25, 0.3) is 0 Å². The number of rotatable bonds is 6. The molecule has 196 valence electrons. The van der Waals surface area contributed by atoms with Crippen molar-refractivity contribution >= 4 is 0 Å². The first kappa shape index (κ1) is 25.5. The maximum Gasteiger partial charge on any atom is 0.164 e. The van der Waals surface area contributed by atoms with E-state index in [-0.39, 0.29) is 12.2 Å². The van der Waals surface area contributed by atoms with E-state index in [1.165, 1.54) is 57.8 Å². The highest BCUT2D eigenvalue weighted by Crippen LogP contribution is 2.68. The topological polar surface area (TPSA) is 58.9 Å². The molecule has 4 heteroatoms. The summed E-state index contributed by atoms with van der Waals surface area (Å²) in [5.74, 6) is 3.79. The van der Waals surface area contributed by atoms with E-state index in [1.807, 2.05) is 13.8 Å². The van der Waals surface area contributed by atoms with E-state index in [0.717, 1.165) is 49.2 Å². The molecule has 0 bridgehead atoms. The zero-order valence-electron chi connectivity index (χ0n) is 22.6. The summed E-state index contributed by atoms with van der Waals surface area (Å²) in [7, 11) is 0. The van der Waals surface area contributed by atoms with Gasteiger partial charge in [-0.2, -0.15) is 0 Å². The fraction of sp³-hybridized carbons (Fsp3) is 1.00. The highest BCUT2D eigenvalue weighted by Gasteiger charge is 2.61. The van der Waals surface area contributed by atoms with Crippen LogP contribution in [-0.2, 0) is 9.47 Å². The summed E-state index contributed by atoms with van der Waals surface area (Å²) >= 11 is 0. The minimum atomic E-state index is -1.52. The summed E-state index contributed by atoms with van der Waals surface area (Å²) in [4.78, 5) is 0. The van der Waals surface area contributed by atoms with Crippen molar-refractivity contribution in [3.63, 3.8) is 0 Å². The molecule has 2 N–H and O–H groups in total. The van der Waals surface area contributed by atoms with Crippen molar-refractivity contribution < 1.29 is 19.7 Å². The van der Waals surface area contributed by atoms with Gasteiger partial charge in [-0.1, -0.05) is 34.6 Å². The van der Waals surface area contributed by atoms with Gasteiger partial charge in [0.15, 0.2) is 12.1 Å². The van der Waals surface area contributed by atoms with Gasteiger partial charge in [-0.3, -0.25) is 0 Å². The lowest BCUT2D eigenvalue weighted by molar-refractivity contribution is -0.199. The van der Waals surface area contributed by atoms with Gasteiger partial charge in [0, 0.05) is 18.3 Å². The normalized spacial score (nSPS) is 46.2. The fourth-order valence-electron chi connectivity index (χ4n) is 10.1. The Labute approximate surface area is 208 Å². The zero-order valence-corrected chi connectivity index (χ0v) is 22.6. The zero-order chi connectivity index (χ0) is 24.3. The molecule has 0 aromatic carbocycles. The summed E-state index contributed by atoms with van der Waals surface area (Å²) in [6.45, 7) is 13.1. The van der Waals surface area contributed by atoms with Gasteiger partial charge in [-0.25, -0.2) is 0 Å². The van der Waals surface area contributed by atoms with Crippen molar-refractivity contribution in [2.24, 2.45) is 58.2 Å². The van der Waals surface area contributed by atoms with E-state index in [1.54, 1.807) is 0 Å². The van der Waals surface area contributed by atoms with Crippen LogP contribution in [0.3, 0.4) is 0 Å². The average molecular weight is 477 g/mol. The van der Waals surface area contributed by atoms with Crippen molar-refractivity contribution in [3.05, 3.63) is 0 Å². The molecule has 0 aromatic rings. The van der Waals surface area contributed by atoms with Crippen molar-refractivity contribution in [2.45, 2.75) is 117 Å². The molecule has 1 heterocycles. The van der Waals surface area contributed by atoms with Crippen LogP contribution in [0.4, 0.5) is 0 Å². The number of fused-ring (bicyclic) bond motifs is 5.